The van der Waals surface area contributed by atoms with Gasteiger partial charge in [-0.1, -0.05) is 23.1 Å². The van der Waals surface area contributed by atoms with Crippen LogP contribution in [0.5, 0.6) is 0 Å². The standard InChI is InChI=1S/C11H14N6O3S2/c1-5-8(9(19)20-3)22-10(13-5)14-7(18)4-21-11-16-15-6(2)17(11)12/h4,12H2,1-3H3,(H,13,14,18). The van der Waals surface area contributed by atoms with Crippen LogP contribution in [0.2, 0.25) is 0 Å². The van der Waals surface area contributed by atoms with E-state index in [1.54, 1.807) is 13.8 Å². The maximum Gasteiger partial charge on any atom is 0.350 e. The van der Waals surface area contributed by atoms with Crippen molar-refractivity contribution in [3.63, 3.8) is 0 Å². The number of carbonyl (C=O) groups excluding carboxylic acids is 2. The number of nitrogens with one attached hydrogen (secondary N) is 1. The maximum absolute atomic E-state index is 11.9. The molecule has 0 saturated heterocycles. The minimum absolute atomic E-state index is 0.0987. The summed E-state index contributed by atoms with van der Waals surface area (Å²) < 4.78 is 5.95. The Labute approximate surface area is 134 Å². The summed E-state index contributed by atoms with van der Waals surface area (Å²) in [5, 5.41) is 11.0. The second-order valence-corrected chi connectivity index (χ2v) is 6.10. The second kappa shape index (κ2) is 6.75. The minimum Gasteiger partial charge on any atom is -0.465 e. The Balaban J connectivity index is 1.95. The van der Waals surface area contributed by atoms with E-state index in [-0.39, 0.29) is 11.7 Å². The van der Waals surface area contributed by atoms with E-state index in [1.807, 2.05) is 0 Å². The number of carbonyl (C=O) groups is 2. The average molecular weight is 342 g/mol. The van der Waals surface area contributed by atoms with Gasteiger partial charge in [-0.2, -0.15) is 0 Å². The Bertz CT molecular complexity index is 711. The molecule has 2 rings (SSSR count). The summed E-state index contributed by atoms with van der Waals surface area (Å²) in [6, 6.07) is 0. The normalized spacial score (nSPS) is 10.5. The van der Waals surface area contributed by atoms with Gasteiger partial charge in [0.2, 0.25) is 11.1 Å². The Morgan fingerprint density at radius 3 is 2.73 bits per heavy atom. The lowest BCUT2D eigenvalue weighted by molar-refractivity contribution is -0.113. The highest BCUT2D eigenvalue weighted by Crippen LogP contribution is 2.23. The van der Waals surface area contributed by atoms with Crippen LogP contribution in [0, 0.1) is 13.8 Å². The van der Waals surface area contributed by atoms with Crippen molar-refractivity contribution in [2.75, 3.05) is 24.0 Å². The SMILES string of the molecule is COC(=O)c1sc(NC(=O)CSc2nnc(C)n2N)nc1C. The summed E-state index contributed by atoms with van der Waals surface area (Å²) in [6.07, 6.45) is 0. The zero-order valence-electron chi connectivity index (χ0n) is 12.1. The zero-order chi connectivity index (χ0) is 16.3. The van der Waals surface area contributed by atoms with E-state index >= 15 is 0 Å². The van der Waals surface area contributed by atoms with Crippen LogP contribution in [0.15, 0.2) is 5.16 Å². The van der Waals surface area contributed by atoms with Crippen molar-refractivity contribution in [2.45, 2.75) is 19.0 Å². The number of methoxy groups -OCH3 is 1. The summed E-state index contributed by atoms with van der Waals surface area (Å²) in [5.74, 6) is 5.59. The van der Waals surface area contributed by atoms with Gasteiger partial charge in [0, 0.05) is 0 Å². The van der Waals surface area contributed by atoms with E-state index < -0.39 is 5.97 Å². The highest BCUT2D eigenvalue weighted by Gasteiger charge is 2.17. The molecule has 22 heavy (non-hydrogen) atoms. The van der Waals surface area contributed by atoms with Gasteiger partial charge in [0.25, 0.3) is 0 Å². The van der Waals surface area contributed by atoms with Crippen LogP contribution >= 0.6 is 23.1 Å². The Kier molecular flexibility index (Phi) is 4.98. The van der Waals surface area contributed by atoms with E-state index in [2.05, 4.69) is 25.2 Å². The quantitative estimate of drug-likeness (QED) is 0.459. The molecule has 0 unspecified atom stereocenters. The average Bonchev–Trinajstić information content (AvgIpc) is 3.00. The number of aryl methyl sites for hydroxylation is 2. The third kappa shape index (κ3) is 3.54. The molecule has 118 valence electrons. The van der Waals surface area contributed by atoms with Gasteiger partial charge < -0.3 is 15.9 Å². The number of rotatable bonds is 5. The molecule has 0 fully saturated rings. The first-order chi connectivity index (χ1) is 10.4. The van der Waals surface area contributed by atoms with Crippen molar-refractivity contribution in [3.05, 3.63) is 16.4 Å². The minimum atomic E-state index is -0.475. The fourth-order valence-electron chi connectivity index (χ4n) is 1.47. The number of nitrogens with zero attached hydrogens (tertiary/aromatic N) is 4. The molecular weight excluding hydrogens is 328 g/mol. The first-order valence-corrected chi connectivity index (χ1v) is 7.88. The van der Waals surface area contributed by atoms with Crippen LogP contribution in [0.4, 0.5) is 5.13 Å². The lowest BCUT2D eigenvalue weighted by Gasteiger charge is -2.01. The van der Waals surface area contributed by atoms with Gasteiger partial charge in [0.1, 0.15) is 10.7 Å². The first-order valence-electron chi connectivity index (χ1n) is 6.08. The molecule has 3 N–H and O–H groups in total. The van der Waals surface area contributed by atoms with E-state index in [4.69, 9.17) is 5.84 Å². The topological polar surface area (TPSA) is 125 Å². The number of nitrogen functional groups attached to an aromatic ring is 1. The van der Waals surface area contributed by atoms with Gasteiger partial charge in [0.05, 0.1) is 18.6 Å². The number of thioether (sulfide) groups is 1. The fourth-order valence-corrected chi connectivity index (χ4v) is 3.07. The van der Waals surface area contributed by atoms with Crippen molar-refractivity contribution in [3.8, 4) is 0 Å². The summed E-state index contributed by atoms with van der Waals surface area (Å²) in [4.78, 5) is 27.8. The van der Waals surface area contributed by atoms with Crippen LogP contribution in [0.3, 0.4) is 0 Å². The molecule has 0 spiro atoms. The number of hydrogen-bond donors (Lipinski definition) is 2. The molecule has 9 nitrogen and oxygen atoms in total. The molecule has 0 radical (unpaired) electrons. The van der Waals surface area contributed by atoms with E-state index in [1.165, 1.54) is 11.8 Å². The molecule has 0 saturated carbocycles. The van der Waals surface area contributed by atoms with Crippen molar-refractivity contribution in [1.29, 1.82) is 0 Å². The molecular formula is C11H14N6O3S2. The molecule has 0 aromatic carbocycles. The molecule has 2 aromatic heterocycles. The molecule has 0 aliphatic rings. The number of ether oxygens (including phenoxy) is 1. The molecule has 0 atom stereocenters. The largest absolute Gasteiger partial charge is 0.465 e. The number of aromatic nitrogens is 4. The van der Waals surface area contributed by atoms with Crippen LogP contribution in [0.25, 0.3) is 0 Å². The van der Waals surface area contributed by atoms with Crippen LogP contribution in [0.1, 0.15) is 21.2 Å². The third-order valence-corrected chi connectivity index (χ3v) is 4.58. The van der Waals surface area contributed by atoms with Crippen LogP contribution < -0.4 is 11.2 Å². The molecule has 0 bridgehead atoms. The van der Waals surface area contributed by atoms with Crippen molar-refractivity contribution in [1.82, 2.24) is 19.9 Å². The molecule has 1 amide bonds. The number of thiazole rings is 1. The summed E-state index contributed by atoms with van der Waals surface area (Å²) in [5.41, 5.74) is 0.511. The number of nitrogens with two attached hydrogens (primary N) is 1. The number of anilines is 1. The molecule has 0 aliphatic heterocycles. The van der Waals surface area contributed by atoms with Gasteiger partial charge in [-0.15, -0.1) is 10.2 Å². The fraction of sp³-hybridized carbons (Fsp3) is 0.364. The van der Waals surface area contributed by atoms with Gasteiger partial charge >= 0.3 is 5.97 Å². The van der Waals surface area contributed by atoms with Gasteiger partial charge in [-0.25, -0.2) is 14.5 Å². The van der Waals surface area contributed by atoms with E-state index in [0.29, 0.717) is 26.7 Å². The van der Waals surface area contributed by atoms with E-state index in [0.717, 1.165) is 23.1 Å². The van der Waals surface area contributed by atoms with Gasteiger partial charge in [-0.3, -0.25) is 4.79 Å². The van der Waals surface area contributed by atoms with Crippen molar-refractivity contribution < 1.29 is 14.3 Å². The molecule has 2 heterocycles. The lowest BCUT2D eigenvalue weighted by atomic mass is 10.4. The first kappa shape index (κ1) is 16.2. The Morgan fingerprint density at radius 1 is 1.41 bits per heavy atom. The Hall–Kier alpha value is -2.14. The van der Waals surface area contributed by atoms with Crippen LogP contribution in [-0.4, -0.2) is 44.6 Å². The van der Waals surface area contributed by atoms with Crippen molar-refractivity contribution in [2.24, 2.45) is 0 Å². The van der Waals surface area contributed by atoms with Crippen molar-refractivity contribution >= 4 is 40.1 Å². The van der Waals surface area contributed by atoms with Gasteiger partial charge in [0.15, 0.2) is 5.13 Å². The summed E-state index contributed by atoms with van der Waals surface area (Å²) in [6.45, 7) is 3.39. The highest BCUT2D eigenvalue weighted by atomic mass is 32.2. The predicted octanol–water partition coefficient (Wildman–Crippen LogP) is 0.583. The zero-order valence-corrected chi connectivity index (χ0v) is 13.7. The van der Waals surface area contributed by atoms with Crippen LogP contribution in [-0.2, 0) is 9.53 Å². The Morgan fingerprint density at radius 2 is 2.14 bits per heavy atom. The summed E-state index contributed by atoms with van der Waals surface area (Å²) in [7, 11) is 1.29. The molecule has 11 heteroatoms. The second-order valence-electron chi connectivity index (χ2n) is 4.16. The molecule has 0 aliphatic carbocycles. The number of amides is 1. The highest BCUT2D eigenvalue weighted by molar-refractivity contribution is 7.99. The number of hydrogen-bond acceptors (Lipinski definition) is 9. The summed E-state index contributed by atoms with van der Waals surface area (Å²) >= 11 is 2.22. The van der Waals surface area contributed by atoms with Gasteiger partial charge in [-0.05, 0) is 13.8 Å². The monoisotopic (exact) mass is 342 g/mol. The lowest BCUT2D eigenvalue weighted by Crippen LogP contribution is -2.16. The maximum atomic E-state index is 11.9. The smallest absolute Gasteiger partial charge is 0.350 e. The predicted molar refractivity (Wildman–Crippen MR) is 82.5 cm³/mol. The third-order valence-electron chi connectivity index (χ3n) is 2.58. The number of esters is 1. The van der Waals surface area contributed by atoms with E-state index in [9.17, 15) is 9.59 Å². The molecule has 2 aromatic rings.